The van der Waals surface area contributed by atoms with Gasteiger partial charge in [0.25, 0.3) is 0 Å². The Morgan fingerprint density at radius 2 is 2.11 bits per heavy atom. The fraction of sp³-hybridized carbons (Fsp3) is 0.667. The Bertz CT molecular complexity index is 372. The van der Waals surface area contributed by atoms with Gasteiger partial charge in [-0.15, -0.1) is 0 Å². The monoisotopic (exact) mass is 247 g/mol. The van der Waals surface area contributed by atoms with E-state index < -0.39 is 0 Å². The van der Waals surface area contributed by atoms with Crippen molar-refractivity contribution in [3.63, 3.8) is 0 Å². The Balaban J connectivity index is 1.73. The van der Waals surface area contributed by atoms with Crippen LogP contribution in [0, 0.1) is 0 Å². The molecule has 1 heterocycles. The maximum absolute atomic E-state index is 4.68. The number of aryl methyl sites for hydroxylation is 2. The van der Waals surface area contributed by atoms with E-state index in [1.165, 1.54) is 36.9 Å². The van der Waals surface area contributed by atoms with E-state index in [9.17, 15) is 0 Å². The zero-order valence-electron chi connectivity index (χ0n) is 11.6. The maximum atomic E-state index is 4.68. The fourth-order valence-corrected chi connectivity index (χ4v) is 2.19. The van der Waals surface area contributed by atoms with Crippen LogP contribution in [0.15, 0.2) is 12.1 Å². The number of aromatic nitrogens is 1. The number of nitrogens with zero attached hydrogens (tertiary/aromatic N) is 1. The SMILES string of the molecule is CCc1ccc(CCCCNC2CC2)nc1NC. The first-order valence-electron chi connectivity index (χ1n) is 7.23. The lowest BCUT2D eigenvalue weighted by atomic mass is 10.1. The van der Waals surface area contributed by atoms with E-state index in [-0.39, 0.29) is 0 Å². The number of hydrogen-bond donors (Lipinski definition) is 2. The highest BCUT2D eigenvalue weighted by Gasteiger charge is 2.19. The van der Waals surface area contributed by atoms with E-state index in [4.69, 9.17) is 0 Å². The van der Waals surface area contributed by atoms with Gasteiger partial charge in [0.05, 0.1) is 0 Å². The average molecular weight is 247 g/mol. The van der Waals surface area contributed by atoms with Gasteiger partial charge in [0.15, 0.2) is 0 Å². The number of unbranched alkanes of at least 4 members (excludes halogenated alkanes) is 1. The van der Waals surface area contributed by atoms with Gasteiger partial charge in [-0.05, 0) is 56.7 Å². The molecule has 0 radical (unpaired) electrons. The second-order valence-electron chi connectivity index (χ2n) is 5.10. The summed E-state index contributed by atoms with van der Waals surface area (Å²) in [5.41, 5.74) is 2.51. The number of nitrogens with one attached hydrogen (secondary N) is 2. The van der Waals surface area contributed by atoms with E-state index in [2.05, 4.69) is 34.7 Å². The zero-order chi connectivity index (χ0) is 12.8. The van der Waals surface area contributed by atoms with Crippen LogP contribution in [0.3, 0.4) is 0 Å². The lowest BCUT2D eigenvalue weighted by molar-refractivity contribution is 0.617. The van der Waals surface area contributed by atoms with Crippen molar-refractivity contribution in [1.82, 2.24) is 10.3 Å². The van der Waals surface area contributed by atoms with Crippen LogP contribution in [0.1, 0.15) is 43.9 Å². The third kappa shape index (κ3) is 3.98. The summed E-state index contributed by atoms with van der Waals surface area (Å²) in [4.78, 5) is 4.68. The minimum absolute atomic E-state index is 0.836. The molecule has 3 nitrogen and oxygen atoms in total. The smallest absolute Gasteiger partial charge is 0.129 e. The zero-order valence-corrected chi connectivity index (χ0v) is 11.6. The second kappa shape index (κ2) is 6.74. The van der Waals surface area contributed by atoms with Gasteiger partial charge in [0.1, 0.15) is 5.82 Å². The lowest BCUT2D eigenvalue weighted by Crippen LogP contribution is -2.17. The molecular formula is C15H25N3. The number of anilines is 1. The van der Waals surface area contributed by atoms with Crippen molar-refractivity contribution in [2.75, 3.05) is 18.9 Å². The van der Waals surface area contributed by atoms with Gasteiger partial charge in [-0.3, -0.25) is 0 Å². The molecule has 1 aliphatic rings. The highest BCUT2D eigenvalue weighted by atomic mass is 15.0. The summed E-state index contributed by atoms with van der Waals surface area (Å²) in [6.45, 7) is 3.33. The highest BCUT2D eigenvalue weighted by Crippen LogP contribution is 2.18. The fourth-order valence-electron chi connectivity index (χ4n) is 2.19. The minimum Gasteiger partial charge on any atom is -0.373 e. The van der Waals surface area contributed by atoms with E-state index >= 15 is 0 Å². The first-order valence-corrected chi connectivity index (χ1v) is 7.23. The predicted molar refractivity (Wildman–Crippen MR) is 77.1 cm³/mol. The van der Waals surface area contributed by atoms with E-state index in [0.29, 0.717) is 0 Å². The van der Waals surface area contributed by atoms with Crippen molar-refractivity contribution in [1.29, 1.82) is 0 Å². The van der Waals surface area contributed by atoms with Crippen LogP contribution in [0.4, 0.5) is 5.82 Å². The van der Waals surface area contributed by atoms with Gasteiger partial charge >= 0.3 is 0 Å². The predicted octanol–water partition coefficient (Wildman–Crippen LogP) is 2.76. The Morgan fingerprint density at radius 1 is 1.28 bits per heavy atom. The summed E-state index contributed by atoms with van der Waals surface area (Å²) in [6, 6.07) is 5.22. The molecule has 0 unspecified atom stereocenters. The summed E-state index contributed by atoms with van der Waals surface area (Å²) < 4.78 is 0. The molecule has 2 N–H and O–H groups in total. The summed E-state index contributed by atoms with van der Waals surface area (Å²) >= 11 is 0. The van der Waals surface area contributed by atoms with Crippen LogP contribution in [0.25, 0.3) is 0 Å². The largest absolute Gasteiger partial charge is 0.373 e. The average Bonchev–Trinajstić information content (AvgIpc) is 3.22. The first kappa shape index (κ1) is 13.3. The van der Waals surface area contributed by atoms with Crippen LogP contribution in [-0.2, 0) is 12.8 Å². The van der Waals surface area contributed by atoms with Crippen molar-refractivity contribution < 1.29 is 0 Å². The Hall–Kier alpha value is -1.09. The van der Waals surface area contributed by atoms with Crippen LogP contribution < -0.4 is 10.6 Å². The van der Waals surface area contributed by atoms with Gasteiger partial charge in [0.2, 0.25) is 0 Å². The third-order valence-electron chi connectivity index (χ3n) is 3.52. The van der Waals surface area contributed by atoms with E-state index in [0.717, 1.165) is 31.2 Å². The Morgan fingerprint density at radius 3 is 2.78 bits per heavy atom. The van der Waals surface area contributed by atoms with Crippen molar-refractivity contribution in [2.45, 2.75) is 51.5 Å². The standard InChI is InChI=1S/C15H25N3/c1-3-12-7-8-14(18-15(12)16-2)6-4-5-11-17-13-9-10-13/h7-8,13,17H,3-6,9-11H2,1-2H3,(H,16,18). The van der Waals surface area contributed by atoms with Crippen molar-refractivity contribution >= 4 is 5.82 Å². The molecule has 100 valence electrons. The molecule has 1 aromatic heterocycles. The lowest BCUT2D eigenvalue weighted by Gasteiger charge is -2.09. The summed E-state index contributed by atoms with van der Waals surface area (Å²) in [6.07, 6.45) is 7.36. The van der Waals surface area contributed by atoms with E-state index in [1.54, 1.807) is 0 Å². The molecular weight excluding hydrogens is 222 g/mol. The Labute approximate surface area is 110 Å². The second-order valence-corrected chi connectivity index (χ2v) is 5.10. The minimum atomic E-state index is 0.836. The number of rotatable bonds is 8. The molecule has 0 bridgehead atoms. The number of pyridine rings is 1. The maximum Gasteiger partial charge on any atom is 0.129 e. The van der Waals surface area contributed by atoms with Crippen molar-refractivity contribution in [3.05, 3.63) is 23.4 Å². The van der Waals surface area contributed by atoms with Crippen LogP contribution in [0.2, 0.25) is 0 Å². The molecule has 0 spiro atoms. The van der Waals surface area contributed by atoms with Gasteiger partial charge < -0.3 is 10.6 Å². The molecule has 18 heavy (non-hydrogen) atoms. The topological polar surface area (TPSA) is 37.0 Å². The summed E-state index contributed by atoms with van der Waals surface area (Å²) in [5, 5.41) is 6.74. The molecule has 0 atom stereocenters. The molecule has 3 heteroatoms. The molecule has 2 rings (SSSR count). The normalized spacial score (nSPS) is 14.8. The van der Waals surface area contributed by atoms with Gasteiger partial charge in [-0.25, -0.2) is 4.98 Å². The van der Waals surface area contributed by atoms with E-state index in [1.807, 2.05) is 7.05 Å². The molecule has 1 aliphatic carbocycles. The number of hydrogen-bond acceptors (Lipinski definition) is 3. The van der Waals surface area contributed by atoms with Crippen molar-refractivity contribution in [2.24, 2.45) is 0 Å². The summed E-state index contributed by atoms with van der Waals surface area (Å²) in [5.74, 6) is 1.05. The van der Waals surface area contributed by atoms with Gasteiger partial charge in [-0.1, -0.05) is 13.0 Å². The molecule has 1 saturated carbocycles. The summed E-state index contributed by atoms with van der Waals surface area (Å²) in [7, 11) is 1.95. The van der Waals surface area contributed by atoms with Gasteiger partial charge in [-0.2, -0.15) is 0 Å². The molecule has 1 fully saturated rings. The van der Waals surface area contributed by atoms with Crippen LogP contribution >= 0.6 is 0 Å². The third-order valence-corrected chi connectivity index (χ3v) is 3.52. The molecule has 0 saturated heterocycles. The molecule has 0 aromatic carbocycles. The molecule has 0 aliphatic heterocycles. The first-order chi connectivity index (χ1) is 8.83. The quantitative estimate of drug-likeness (QED) is 0.694. The van der Waals surface area contributed by atoms with Crippen LogP contribution in [0.5, 0.6) is 0 Å². The van der Waals surface area contributed by atoms with Gasteiger partial charge in [0, 0.05) is 18.8 Å². The Kier molecular flexibility index (Phi) is 5.00. The highest BCUT2D eigenvalue weighted by molar-refractivity contribution is 5.44. The molecule has 0 amide bonds. The van der Waals surface area contributed by atoms with Crippen LogP contribution in [-0.4, -0.2) is 24.6 Å². The van der Waals surface area contributed by atoms with Crippen molar-refractivity contribution in [3.8, 4) is 0 Å². The molecule has 1 aromatic rings.